The Morgan fingerprint density at radius 2 is 1.88 bits per heavy atom. The van der Waals surface area contributed by atoms with Crippen LogP contribution in [0.4, 0.5) is 5.13 Å². The summed E-state index contributed by atoms with van der Waals surface area (Å²) in [6, 6.07) is 11.7. The highest BCUT2D eigenvalue weighted by atomic mass is 32.1. The number of carbonyl (C=O) groups is 1. The van der Waals surface area contributed by atoms with Gasteiger partial charge in [0.05, 0.1) is 16.4 Å². The minimum atomic E-state index is -0.437. The molecule has 0 aliphatic heterocycles. The Balaban J connectivity index is 1.62. The lowest BCUT2D eigenvalue weighted by Gasteiger charge is -2.11. The Bertz CT molecular complexity index is 921. The van der Waals surface area contributed by atoms with Crippen LogP contribution in [0.25, 0.3) is 10.2 Å². The third-order valence-electron chi connectivity index (χ3n) is 4.13. The molecule has 1 atom stereocenters. The zero-order chi connectivity index (χ0) is 18.7. The first-order valence-electron chi connectivity index (χ1n) is 8.47. The molecule has 3 aromatic rings. The molecule has 1 heterocycles. The summed E-state index contributed by atoms with van der Waals surface area (Å²) in [6.45, 7) is 7.94. The number of amides is 1. The highest BCUT2D eigenvalue weighted by Crippen LogP contribution is 2.25. The fourth-order valence-corrected chi connectivity index (χ4v) is 3.79. The predicted molar refractivity (Wildman–Crippen MR) is 109 cm³/mol. The van der Waals surface area contributed by atoms with Crippen LogP contribution in [0.15, 0.2) is 41.5 Å². The van der Waals surface area contributed by atoms with Crippen molar-refractivity contribution >= 4 is 38.8 Å². The molecule has 0 saturated heterocycles. The minimum Gasteiger partial charge on any atom is -0.350 e. The van der Waals surface area contributed by atoms with Crippen molar-refractivity contribution in [2.45, 2.75) is 33.7 Å². The number of hydrogen-bond donors (Lipinski definition) is 2. The maximum absolute atomic E-state index is 12.3. The van der Waals surface area contributed by atoms with Gasteiger partial charge in [-0.1, -0.05) is 41.2 Å². The molecule has 0 bridgehead atoms. The summed E-state index contributed by atoms with van der Waals surface area (Å²) in [4.78, 5) is 16.7. The standard InChI is InChI=1S/C20H22N4OS/c1-12-9-13(2)16(14(3)10-12)11-21-24-19(25)15(4)22-20-23-17-7-5-6-8-18(17)26-20/h5-11,15H,1-4H3,(H,22,23)(H,24,25)/b21-11-/t15-/m1/s1. The molecule has 0 aliphatic rings. The van der Waals surface area contributed by atoms with Crippen molar-refractivity contribution in [1.29, 1.82) is 0 Å². The van der Waals surface area contributed by atoms with Gasteiger partial charge < -0.3 is 5.32 Å². The van der Waals surface area contributed by atoms with Gasteiger partial charge in [0.2, 0.25) is 0 Å². The van der Waals surface area contributed by atoms with E-state index in [0.717, 1.165) is 32.0 Å². The van der Waals surface area contributed by atoms with E-state index < -0.39 is 6.04 Å². The van der Waals surface area contributed by atoms with Gasteiger partial charge in [-0.15, -0.1) is 0 Å². The van der Waals surface area contributed by atoms with Crippen LogP contribution in [0.2, 0.25) is 0 Å². The molecule has 1 amide bonds. The molecule has 5 nitrogen and oxygen atoms in total. The van der Waals surface area contributed by atoms with E-state index in [1.165, 1.54) is 16.9 Å². The zero-order valence-corrected chi connectivity index (χ0v) is 16.1. The molecule has 2 aromatic carbocycles. The normalized spacial score (nSPS) is 12.5. The van der Waals surface area contributed by atoms with Gasteiger partial charge in [0.1, 0.15) is 6.04 Å². The van der Waals surface area contributed by atoms with Crippen molar-refractivity contribution in [2.75, 3.05) is 5.32 Å². The van der Waals surface area contributed by atoms with Crippen LogP contribution in [-0.2, 0) is 4.79 Å². The van der Waals surface area contributed by atoms with E-state index in [0.29, 0.717) is 0 Å². The first-order valence-corrected chi connectivity index (χ1v) is 9.28. The number of nitrogens with zero attached hydrogens (tertiary/aromatic N) is 2. The van der Waals surface area contributed by atoms with E-state index in [-0.39, 0.29) is 5.91 Å². The molecule has 3 rings (SSSR count). The number of aromatic nitrogens is 1. The first-order chi connectivity index (χ1) is 12.4. The Kier molecular flexibility index (Phi) is 5.32. The molecule has 26 heavy (non-hydrogen) atoms. The van der Waals surface area contributed by atoms with Gasteiger partial charge in [0.15, 0.2) is 5.13 Å². The van der Waals surface area contributed by atoms with Crippen molar-refractivity contribution in [2.24, 2.45) is 5.10 Å². The monoisotopic (exact) mass is 366 g/mol. The fourth-order valence-electron chi connectivity index (χ4n) is 2.84. The Hall–Kier alpha value is -2.73. The van der Waals surface area contributed by atoms with Crippen molar-refractivity contribution in [3.05, 3.63) is 58.7 Å². The minimum absolute atomic E-state index is 0.206. The molecule has 0 aliphatic carbocycles. The molecular formula is C20H22N4OS. The van der Waals surface area contributed by atoms with E-state index in [2.05, 4.69) is 39.9 Å². The number of hydrazone groups is 1. The lowest BCUT2D eigenvalue weighted by atomic mass is 10.0. The van der Waals surface area contributed by atoms with Crippen molar-refractivity contribution in [3.63, 3.8) is 0 Å². The SMILES string of the molecule is Cc1cc(C)c(/C=N\NC(=O)[C@@H](C)Nc2nc3ccccc3s2)c(C)c1. The molecule has 2 N–H and O–H groups in total. The highest BCUT2D eigenvalue weighted by Gasteiger charge is 2.14. The molecule has 0 fully saturated rings. The Morgan fingerprint density at radius 3 is 2.58 bits per heavy atom. The van der Waals surface area contributed by atoms with Crippen LogP contribution in [0, 0.1) is 20.8 Å². The number of carbonyl (C=O) groups excluding carboxylic acids is 1. The summed E-state index contributed by atoms with van der Waals surface area (Å²) in [5, 5.41) is 7.97. The molecule has 0 spiro atoms. The number of para-hydroxylation sites is 1. The number of benzene rings is 2. The fraction of sp³-hybridized carbons (Fsp3) is 0.250. The van der Waals surface area contributed by atoms with E-state index >= 15 is 0 Å². The number of rotatable bonds is 5. The largest absolute Gasteiger partial charge is 0.350 e. The lowest BCUT2D eigenvalue weighted by Crippen LogP contribution is -2.34. The zero-order valence-electron chi connectivity index (χ0n) is 15.3. The van der Waals surface area contributed by atoms with Crippen molar-refractivity contribution < 1.29 is 4.79 Å². The van der Waals surface area contributed by atoms with Gasteiger partial charge >= 0.3 is 0 Å². The Labute approximate surface area is 157 Å². The second kappa shape index (κ2) is 7.66. The van der Waals surface area contributed by atoms with Crippen LogP contribution in [0.1, 0.15) is 29.2 Å². The van der Waals surface area contributed by atoms with E-state index in [4.69, 9.17) is 0 Å². The first kappa shape index (κ1) is 18.1. The van der Waals surface area contributed by atoms with Crippen LogP contribution in [0.3, 0.4) is 0 Å². The van der Waals surface area contributed by atoms with Gasteiger partial charge in [-0.2, -0.15) is 5.10 Å². The summed E-state index contributed by atoms with van der Waals surface area (Å²) in [5.74, 6) is -0.206. The topological polar surface area (TPSA) is 66.4 Å². The average Bonchev–Trinajstić information content (AvgIpc) is 2.99. The molecule has 0 saturated carbocycles. The van der Waals surface area contributed by atoms with Gasteiger partial charge in [-0.25, -0.2) is 10.4 Å². The van der Waals surface area contributed by atoms with E-state index in [1.54, 1.807) is 13.1 Å². The maximum atomic E-state index is 12.3. The maximum Gasteiger partial charge on any atom is 0.262 e. The van der Waals surface area contributed by atoms with Gasteiger partial charge in [-0.3, -0.25) is 4.79 Å². The van der Waals surface area contributed by atoms with Gasteiger partial charge in [-0.05, 0) is 51.0 Å². The van der Waals surface area contributed by atoms with E-state index in [1.807, 2.05) is 38.1 Å². The number of fused-ring (bicyclic) bond motifs is 1. The summed E-state index contributed by atoms with van der Waals surface area (Å²) >= 11 is 1.53. The van der Waals surface area contributed by atoms with Crippen molar-refractivity contribution in [1.82, 2.24) is 10.4 Å². The lowest BCUT2D eigenvalue weighted by molar-refractivity contribution is -0.121. The number of aryl methyl sites for hydroxylation is 3. The van der Waals surface area contributed by atoms with Crippen LogP contribution < -0.4 is 10.7 Å². The molecule has 0 unspecified atom stereocenters. The second-order valence-corrected chi connectivity index (χ2v) is 7.43. The summed E-state index contributed by atoms with van der Waals surface area (Å²) < 4.78 is 1.09. The smallest absolute Gasteiger partial charge is 0.262 e. The van der Waals surface area contributed by atoms with Gasteiger partial charge in [0, 0.05) is 5.56 Å². The predicted octanol–water partition coefficient (Wildman–Crippen LogP) is 4.17. The molecule has 1 aromatic heterocycles. The summed E-state index contributed by atoms with van der Waals surface area (Å²) in [6.07, 6.45) is 1.70. The Morgan fingerprint density at radius 1 is 1.19 bits per heavy atom. The van der Waals surface area contributed by atoms with Crippen LogP contribution >= 0.6 is 11.3 Å². The second-order valence-electron chi connectivity index (χ2n) is 6.40. The molecule has 6 heteroatoms. The molecule has 0 radical (unpaired) electrons. The van der Waals surface area contributed by atoms with Crippen LogP contribution in [-0.4, -0.2) is 23.1 Å². The number of hydrogen-bond acceptors (Lipinski definition) is 5. The van der Waals surface area contributed by atoms with E-state index in [9.17, 15) is 4.79 Å². The third-order valence-corrected chi connectivity index (χ3v) is 5.10. The average molecular weight is 366 g/mol. The summed E-state index contributed by atoms with van der Waals surface area (Å²) in [5.41, 5.74) is 8.05. The highest BCUT2D eigenvalue weighted by molar-refractivity contribution is 7.22. The van der Waals surface area contributed by atoms with Crippen molar-refractivity contribution in [3.8, 4) is 0 Å². The summed E-state index contributed by atoms with van der Waals surface area (Å²) in [7, 11) is 0. The number of nitrogens with one attached hydrogen (secondary N) is 2. The van der Waals surface area contributed by atoms with Gasteiger partial charge in [0.25, 0.3) is 5.91 Å². The van der Waals surface area contributed by atoms with Crippen LogP contribution in [0.5, 0.6) is 0 Å². The molecule has 134 valence electrons. The number of thiazole rings is 1. The molecular weight excluding hydrogens is 344 g/mol. The quantitative estimate of drug-likeness (QED) is 0.526. The third kappa shape index (κ3) is 4.08. The number of anilines is 1.